The van der Waals surface area contributed by atoms with E-state index in [9.17, 15) is 4.79 Å². The highest BCUT2D eigenvalue weighted by Crippen LogP contribution is 2.26. The molecule has 3 atom stereocenters. The molecule has 0 bridgehead atoms. The zero-order valence-electron chi connectivity index (χ0n) is 9.66. The normalized spacial score (nSPS) is 28.5. The van der Waals surface area contributed by atoms with Crippen LogP contribution in [0.25, 0.3) is 0 Å². The van der Waals surface area contributed by atoms with Crippen molar-refractivity contribution in [2.75, 3.05) is 6.26 Å². The first-order valence-electron chi connectivity index (χ1n) is 5.76. The lowest BCUT2D eigenvalue weighted by Gasteiger charge is -2.29. The molecule has 1 rings (SSSR count). The smallest absolute Gasteiger partial charge is 0.237 e. The highest BCUT2D eigenvalue weighted by Gasteiger charge is 2.23. The molecule has 1 amide bonds. The van der Waals surface area contributed by atoms with Gasteiger partial charge in [0.25, 0.3) is 0 Å². The Morgan fingerprint density at radius 3 is 2.93 bits per heavy atom. The Morgan fingerprint density at radius 1 is 1.60 bits per heavy atom. The molecule has 0 aromatic rings. The molecule has 3 nitrogen and oxygen atoms in total. The van der Waals surface area contributed by atoms with Gasteiger partial charge in [0.2, 0.25) is 5.91 Å². The minimum absolute atomic E-state index is 0.0178. The molecule has 15 heavy (non-hydrogen) atoms. The molecule has 1 aliphatic carbocycles. The van der Waals surface area contributed by atoms with E-state index in [4.69, 9.17) is 5.73 Å². The van der Waals surface area contributed by atoms with Crippen LogP contribution in [0.2, 0.25) is 0 Å². The first kappa shape index (κ1) is 12.8. The fraction of sp³-hybridized carbons (Fsp3) is 0.909. The van der Waals surface area contributed by atoms with E-state index in [-0.39, 0.29) is 11.9 Å². The molecule has 0 aromatic heterocycles. The first-order valence-corrected chi connectivity index (χ1v) is 7.05. The van der Waals surface area contributed by atoms with Crippen LogP contribution < -0.4 is 11.1 Å². The predicted molar refractivity (Wildman–Crippen MR) is 66.0 cm³/mol. The lowest BCUT2D eigenvalue weighted by atomic mass is 9.94. The fourth-order valence-electron chi connectivity index (χ4n) is 1.98. The van der Waals surface area contributed by atoms with E-state index in [1.54, 1.807) is 0 Å². The van der Waals surface area contributed by atoms with Gasteiger partial charge in [-0.05, 0) is 31.9 Å². The minimum atomic E-state index is -0.334. The van der Waals surface area contributed by atoms with Crippen LogP contribution in [0.4, 0.5) is 0 Å². The zero-order chi connectivity index (χ0) is 11.3. The summed E-state index contributed by atoms with van der Waals surface area (Å²) in [5.41, 5.74) is 5.68. The number of nitrogens with one attached hydrogen (secondary N) is 1. The van der Waals surface area contributed by atoms with Gasteiger partial charge in [-0.25, -0.2) is 0 Å². The van der Waals surface area contributed by atoms with Crippen LogP contribution in [0.5, 0.6) is 0 Å². The summed E-state index contributed by atoms with van der Waals surface area (Å²) in [7, 11) is 0. The summed E-state index contributed by atoms with van der Waals surface area (Å²) in [6.07, 6.45) is 7.57. The van der Waals surface area contributed by atoms with E-state index in [1.165, 1.54) is 12.8 Å². The third-order valence-electron chi connectivity index (χ3n) is 3.08. The Balaban J connectivity index is 2.34. The second-order valence-corrected chi connectivity index (χ2v) is 5.38. The van der Waals surface area contributed by atoms with Gasteiger partial charge in [-0.15, -0.1) is 0 Å². The molecule has 0 aliphatic heterocycles. The number of carbonyl (C=O) groups is 1. The second kappa shape index (κ2) is 6.38. The van der Waals surface area contributed by atoms with E-state index in [1.807, 2.05) is 18.7 Å². The number of hydrogen-bond donors (Lipinski definition) is 2. The SMILES string of the molecule is CC[C@H](N)C(=O)N[C@@H]1CCC[C@@H](SC)C1. The van der Waals surface area contributed by atoms with Crippen LogP contribution in [0.1, 0.15) is 39.0 Å². The maximum absolute atomic E-state index is 11.6. The fourth-order valence-corrected chi connectivity index (χ4v) is 2.81. The van der Waals surface area contributed by atoms with E-state index in [0.29, 0.717) is 17.7 Å². The molecule has 4 heteroatoms. The quantitative estimate of drug-likeness (QED) is 0.770. The maximum Gasteiger partial charge on any atom is 0.237 e. The highest BCUT2D eigenvalue weighted by molar-refractivity contribution is 7.99. The molecule has 0 unspecified atom stereocenters. The van der Waals surface area contributed by atoms with Crippen molar-refractivity contribution in [1.29, 1.82) is 0 Å². The van der Waals surface area contributed by atoms with Crippen LogP contribution in [-0.4, -0.2) is 29.5 Å². The summed E-state index contributed by atoms with van der Waals surface area (Å²) >= 11 is 1.91. The Labute approximate surface area is 96.6 Å². The first-order chi connectivity index (χ1) is 7.17. The number of carbonyl (C=O) groups excluding carboxylic acids is 1. The van der Waals surface area contributed by atoms with Gasteiger partial charge in [0.15, 0.2) is 0 Å². The van der Waals surface area contributed by atoms with E-state index >= 15 is 0 Å². The summed E-state index contributed by atoms with van der Waals surface area (Å²) < 4.78 is 0. The number of hydrogen-bond acceptors (Lipinski definition) is 3. The largest absolute Gasteiger partial charge is 0.352 e. The molecule has 0 spiro atoms. The number of rotatable bonds is 4. The van der Waals surface area contributed by atoms with Crippen LogP contribution in [0, 0.1) is 0 Å². The van der Waals surface area contributed by atoms with Crippen molar-refractivity contribution in [3.8, 4) is 0 Å². The van der Waals surface area contributed by atoms with Gasteiger partial charge >= 0.3 is 0 Å². The molecule has 1 saturated carbocycles. The molecule has 0 saturated heterocycles. The Bertz CT molecular complexity index is 211. The molecule has 1 aliphatic rings. The second-order valence-electron chi connectivity index (χ2n) is 4.24. The summed E-state index contributed by atoms with van der Waals surface area (Å²) in [6.45, 7) is 1.94. The third-order valence-corrected chi connectivity index (χ3v) is 4.18. The van der Waals surface area contributed by atoms with Crippen molar-refractivity contribution in [1.82, 2.24) is 5.32 Å². The standard InChI is InChI=1S/C11H22N2OS/c1-3-10(12)11(14)13-8-5-4-6-9(7-8)15-2/h8-10H,3-7,12H2,1-2H3,(H,13,14)/t8-,9-,10+/m1/s1. The number of thioether (sulfide) groups is 1. The monoisotopic (exact) mass is 230 g/mol. The van der Waals surface area contributed by atoms with Crippen molar-refractivity contribution in [3.63, 3.8) is 0 Å². The van der Waals surface area contributed by atoms with Crippen molar-refractivity contribution in [2.45, 2.75) is 56.4 Å². The minimum Gasteiger partial charge on any atom is -0.352 e. The molecule has 3 N–H and O–H groups in total. The van der Waals surface area contributed by atoms with E-state index < -0.39 is 0 Å². The average Bonchev–Trinajstić information content (AvgIpc) is 2.28. The zero-order valence-corrected chi connectivity index (χ0v) is 10.5. The lowest BCUT2D eigenvalue weighted by molar-refractivity contribution is -0.123. The van der Waals surface area contributed by atoms with Gasteiger partial charge in [0.1, 0.15) is 0 Å². The van der Waals surface area contributed by atoms with Gasteiger partial charge in [-0.2, -0.15) is 11.8 Å². The average molecular weight is 230 g/mol. The van der Waals surface area contributed by atoms with Gasteiger partial charge in [0, 0.05) is 11.3 Å². The Morgan fingerprint density at radius 2 is 2.33 bits per heavy atom. The van der Waals surface area contributed by atoms with Gasteiger partial charge in [-0.1, -0.05) is 13.3 Å². The molecular formula is C11H22N2OS. The third kappa shape index (κ3) is 4.03. The topological polar surface area (TPSA) is 55.1 Å². The van der Waals surface area contributed by atoms with Crippen molar-refractivity contribution < 1.29 is 4.79 Å². The maximum atomic E-state index is 11.6. The highest BCUT2D eigenvalue weighted by atomic mass is 32.2. The van der Waals surface area contributed by atoms with Crippen LogP contribution in [0.3, 0.4) is 0 Å². The van der Waals surface area contributed by atoms with Crippen molar-refractivity contribution in [3.05, 3.63) is 0 Å². The molecule has 0 radical (unpaired) electrons. The summed E-state index contributed by atoms with van der Waals surface area (Å²) in [5, 5.41) is 3.77. The van der Waals surface area contributed by atoms with Crippen molar-refractivity contribution >= 4 is 17.7 Å². The molecule has 88 valence electrons. The summed E-state index contributed by atoms with van der Waals surface area (Å²) in [4.78, 5) is 11.6. The molecule has 0 aromatic carbocycles. The number of amides is 1. The Hall–Kier alpha value is -0.220. The number of nitrogens with two attached hydrogens (primary N) is 1. The molecule has 1 fully saturated rings. The van der Waals surface area contributed by atoms with Crippen LogP contribution >= 0.6 is 11.8 Å². The predicted octanol–water partition coefficient (Wildman–Crippen LogP) is 1.51. The van der Waals surface area contributed by atoms with Crippen molar-refractivity contribution in [2.24, 2.45) is 5.73 Å². The Kier molecular flexibility index (Phi) is 5.47. The molecule has 0 heterocycles. The van der Waals surface area contributed by atoms with Gasteiger partial charge in [0.05, 0.1) is 6.04 Å². The van der Waals surface area contributed by atoms with Gasteiger partial charge in [-0.3, -0.25) is 4.79 Å². The van der Waals surface area contributed by atoms with E-state index in [2.05, 4.69) is 11.6 Å². The van der Waals surface area contributed by atoms with Crippen LogP contribution in [0.15, 0.2) is 0 Å². The lowest BCUT2D eigenvalue weighted by Crippen LogP contribution is -2.46. The van der Waals surface area contributed by atoms with Gasteiger partial charge < -0.3 is 11.1 Å². The molecular weight excluding hydrogens is 208 g/mol. The summed E-state index contributed by atoms with van der Waals surface area (Å²) in [6, 6.07) is 0.0148. The van der Waals surface area contributed by atoms with Crippen LogP contribution in [-0.2, 0) is 4.79 Å². The summed E-state index contributed by atoms with van der Waals surface area (Å²) in [5.74, 6) is 0.0178. The van der Waals surface area contributed by atoms with E-state index in [0.717, 1.165) is 12.8 Å².